The molecule has 1 aromatic carbocycles. The minimum atomic E-state index is -3.65. The van der Waals surface area contributed by atoms with E-state index in [1.165, 1.54) is 26.2 Å². The Labute approximate surface area is 129 Å². The zero-order valence-corrected chi connectivity index (χ0v) is 12.3. The summed E-state index contributed by atoms with van der Waals surface area (Å²) in [6.45, 7) is -0.0906. The number of alkyl halides is 2. The van der Waals surface area contributed by atoms with E-state index in [0.717, 1.165) is 15.9 Å². The van der Waals surface area contributed by atoms with E-state index in [4.69, 9.17) is 4.74 Å². The highest BCUT2D eigenvalue weighted by atomic mass is 19.3. The molecule has 2 aliphatic rings. The van der Waals surface area contributed by atoms with Gasteiger partial charge in [0.15, 0.2) is 6.10 Å². The lowest BCUT2D eigenvalue weighted by Gasteiger charge is -2.15. The van der Waals surface area contributed by atoms with E-state index in [-0.39, 0.29) is 17.9 Å². The monoisotopic (exact) mass is 325 g/mol. The van der Waals surface area contributed by atoms with E-state index < -0.39 is 35.5 Å². The van der Waals surface area contributed by atoms with Gasteiger partial charge in [-0.1, -0.05) is 0 Å². The number of hydrogen-bond donors (Lipinski definition) is 1. The summed E-state index contributed by atoms with van der Waals surface area (Å²) in [7, 11) is 2.66. The van der Waals surface area contributed by atoms with Crippen LogP contribution in [-0.2, 0) is 20.2 Å². The molecule has 3 amide bonds. The number of benzene rings is 1. The van der Waals surface area contributed by atoms with Gasteiger partial charge < -0.3 is 15.0 Å². The third kappa shape index (κ3) is 2.11. The van der Waals surface area contributed by atoms with Crippen molar-refractivity contribution in [1.29, 1.82) is 0 Å². The molecule has 0 aliphatic carbocycles. The SMILES string of the molecule is CNC(=O)[C@H]1CN(c2ccc3c(c2)C(F)(F)C(=O)N3C)C(=O)O1. The van der Waals surface area contributed by atoms with Crippen LogP contribution in [0.1, 0.15) is 5.56 Å². The minimum Gasteiger partial charge on any atom is -0.434 e. The van der Waals surface area contributed by atoms with Crippen LogP contribution in [0.25, 0.3) is 0 Å². The highest BCUT2D eigenvalue weighted by molar-refractivity contribution is 6.06. The van der Waals surface area contributed by atoms with Gasteiger partial charge in [-0.25, -0.2) is 4.79 Å². The number of hydrogen-bond acceptors (Lipinski definition) is 4. The van der Waals surface area contributed by atoms with E-state index in [0.29, 0.717) is 0 Å². The Kier molecular flexibility index (Phi) is 3.24. The first kappa shape index (κ1) is 15.2. The van der Waals surface area contributed by atoms with Gasteiger partial charge in [0.1, 0.15) is 0 Å². The molecule has 1 fully saturated rings. The molecule has 0 unspecified atom stereocenters. The fourth-order valence-corrected chi connectivity index (χ4v) is 2.64. The molecule has 0 bridgehead atoms. The molecule has 7 nitrogen and oxygen atoms in total. The third-order valence-electron chi connectivity index (χ3n) is 3.92. The first-order valence-corrected chi connectivity index (χ1v) is 6.77. The zero-order valence-electron chi connectivity index (χ0n) is 12.3. The van der Waals surface area contributed by atoms with Gasteiger partial charge in [-0.05, 0) is 18.2 Å². The van der Waals surface area contributed by atoms with Crippen LogP contribution in [-0.4, -0.2) is 44.7 Å². The first-order valence-electron chi connectivity index (χ1n) is 6.77. The van der Waals surface area contributed by atoms with Gasteiger partial charge in [0, 0.05) is 19.8 Å². The van der Waals surface area contributed by atoms with Crippen LogP contribution in [0.5, 0.6) is 0 Å². The zero-order chi connectivity index (χ0) is 16.9. The average molecular weight is 325 g/mol. The third-order valence-corrected chi connectivity index (χ3v) is 3.92. The predicted octanol–water partition coefficient (Wildman–Crippen LogP) is 0.826. The lowest BCUT2D eigenvalue weighted by molar-refractivity contribution is -0.141. The molecule has 2 heterocycles. The number of nitrogens with zero attached hydrogens (tertiary/aromatic N) is 2. The molecule has 1 saturated heterocycles. The second kappa shape index (κ2) is 4.90. The van der Waals surface area contributed by atoms with Crippen LogP contribution >= 0.6 is 0 Å². The molecule has 23 heavy (non-hydrogen) atoms. The highest BCUT2D eigenvalue weighted by Crippen LogP contribution is 2.45. The van der Waals surface area contributed by atoms with Gasteiger partial charge in [-0.2, -0.15) is 8.78 Å². The molecule has 9 heteroatoms. The Balaban J connectivity index is 1.95. The van der Waals surface area contributed by atoms with Crippen LogP contribution in [0.15, 0.2) is 18.2 Å². The molecule has 0 spiro atoms. The van der Waals surface area contributed by atoms with Crippen molar-refractivity contribution in [2.45, 2.75) is 12.0 Å². The Morgan fingerprint density at radius 1 is 1.39 bits per heavy atom. The molecular formula is C14H13F2N3O4. The van der Waals surface area contributed by atoms with E-state index in [9.17, 15) is 23.2 Å². The van der Waals surface area contributed by atoms with E-state index in [2.05, 4.69) is 5.32 Å². The van der Waals surface area contributed by atoms with Crippen LogP contribution in [0, 0.1) is 0 Å². The van der Waals surface area contributed by atoms with Gasteiger partial charge in [0.25, 0.3) is 5.91 Å². The largest absolute Gasteiger partial charge is 0.434 e. The number of fused-ring (bicyclic) bond motifs is 1. The van der Waals surface area contributed by atoms with Gasteiger partial charge >= 0.3 is 17.9 Å². The van der Waals surface area contributed by atoms with Gasteiger partial charge in [-0.3, -0.25) is 14.5 Å². The van der Waals surface area contributed by atoms with Gasteiger partial charge in [-0.15, -0.1) is 0 Å². The Morgan fingerprint density at radius 3 is 2.74 bits per heavy atom. The lowest BCUT2D eigenvalue weighted by Crippen LogP contribution is -2.35. The van der Waals surface area contributed by atoms with Crippen molar-refractivity contribution in [3.8, 4) is 0 Å². The molecule has 1 atom stereocenters. The number of nitrogens with one attached hydrogen (secondary N) is 1. The molecule has 0 saturated carbocycles. The Morgan fingerprint density at radius 2 is 2.09 bits per heavy atom. The van der Waals surface area contributed by atoms with Gasteiger partial charge in [0.05, 0.1) is 17.8 Å². The van der Waals surface area contributed by atoms with Crippen molar-refractivity contribution >= 4 is 29.3 Å². The molecule has 1 aromatic rings. The molecule has 0 radical (unpaired) electrons. The second-order valence-electron chi connectivity index (χ2n) is 5.24. The Bertz CT molecular complexity index is 722. The molecule has 1 N–H and O–H groups in total. The van der Waals surface area contributed by atoms with Crippen molar-refractivity contribution < 1.29 is 27.9 Å². The average Bonchev–Trinajstić information content (AvgIpc) is 3.00. The smallest absolute Gasteiger partial charge is 0.415 e. The number of ether oxygens (including phenoxy) is 1. The number of likely N-dealkylation sites (N-methyl/N-ethyl adjacent to an activating group) is 2. The van der Waals surface area contributed by atoms with Crippen LogP contribution < -0.4 is 15.1 Å². The summed E-state index contributed by atoms with van der Waals surface area (Å²) in [5, 5.41) is 2.35. The summed E-state index contributed by atoms with van der Waals surface area (Å²) < 4.78 is 32.9. The van der Waals surface area contributed by atoms with Crippen molar-refractivity contribution in [2.24, 2.45) is 0 Å². The molecule has 3 rings (SSSR count). The second-order valence-corrected chi connectivity index (χ2v) is 5.24. The number of carbonyl (C=O) groups excluding carboxylic acids is 3. The van der Waals surface area contributed by atoms with E-state index in [1.807, 2.05) is 0 Å². The van der Waals surface area contributed by atoms with E-state index in [1.54, 1.807) is 0 Å². The number of halogens is 2. The summed E-state index contributed by atoms with van der Waals surface area (Å²) in [4.78, 5) is 36.9. The molecule has 2 aliphatic heterocycles. The Hall–Kier alpha value is -2.71. The van der Waals surface area contributed by atoms with Crippen LogP contribution in [0.2, 0.25) is 0 Å². The number of rotatable bonds is 2. The standard InChI is InChI=1S/C14H13F2N3O4/c1-17-11(20)10-6-19(13(22)23-10)7-3-4-9-8(5-7)14(15,16)12(21)18(9)2/h3-5,10H,6H2,1-2H3,(H,17,20)/t10-/m1/s1. The van der Waals surface area contributed by atoms with E-state index >= 15 is 0 Å². The van der Waals surface area contributed by atoms with Crippen LogP contribution in [0.3, 0.4) is 0 Å². The maximum absolute atomic E-state index is 14.0. The predicted molar refractivity (Wildman–Crippen MR) is 75.4 cm³/mol. The highest BCUT2D eigenvalue weighted by Gasteiger charge is 2.52. The summed E-state index contributed by atoms with van der Waals surface area (Å²) in [6.07, 6.45) is -1.81. The lowest BCUT2D eigenvalue weighted by atomic mass is 10.1. The maximum Gasteiger partial charge on any atom is 0.415 e. The molecule has 0 aromatic heterocycles. The molecule has 122 valence electrons. The fraction of sp³-hybridized carbons (Fsp3) is 0.357. The number of carbonyl (C=O) groups is 3. The van der Waals surface area contributed by atoms with Crippen LogP contribution in [0.4, 0.5) is 25.0 Å². The normalized spacial score (nSPS) is 22.2. The number of anilines is 2. The summed E-state index contributed by atoms with van der Waals surface area (Å²) in [5.41, 5.74) is -0.249. The summed E-state index contributed by atoms with van der Waals surface area (Å²) >= 11 is 0. The maximum atomic E-state index is 14.0. The summed E-state index contributed by atoms with van der Waals surface area (Å²) in [5.74, 6) is -5.46. The topological polar surface area (TPSA) is 79.0 Å². The van der Waals surface area contributed by atoms with Crippen molar-refractivity contribution in [3.05, 3.63) is 23.8 Å². The number of amides is 3. The van der Waals surface area contributed by atoms with Crippen molar-refractivity contribution in [2.75, 3.05) is 30.4 Å². The molecular weight excluding hydrogens is 312 g/mol. The van der Waals surface area contributed by atoms with Crippen molar-refractivity contribution in [1.82, 2.24) is 5.32 Å². The quantitative estimate of drug-likeness (QED) is 0.873. The minimum absolute atomic E-state index is 0.0826. The van der Waals surface area contributed by atoms with Gasteiger partial charge in [0.2, 0.25) is 0 Å². The first-order chi connectivity index (χ1) is 10.8. The number of cyclic esters (lactones) is 1. The van der Waals surface area contributed by atoms with Crippen molar-refractivity contribution in [3.63, 3.8) is 0 Å². The summed E-state index contributed by atoms with van der Waals surface area (Å²) in [6, 6.07) is 3.84. The fourth-order valence-electron chi connectivity index (χ4n) is 2.64.